The monoisotopic (exact) mass is 295 g/mol. The van der Waals surface area contributed by atoms with Gasteiger partial charge >= 0.3 is 6.03 Å². The summed E-state index contributed by atoms with van der Waals surface area (Å²) in [5.74, 6) is 0.494. The zero-order valence-corrected chi connectivity index (χ0v) is 13.0. The van der Waals surface area contributed by atoms with Crippen molar-refractivity contribution in [3.05, 3.63) is 65.5 Å². The van der Waals surface area contributed by atoms with Crippen LogP contribution in [-0.4, -0.2) is 22.5 Å². The molecule has 1 saturated heterocycles. The SMILES string of the molecule is Cc1cncc(CNC(=O)N2CC(C)C2c2ccccc2)c1. The Morgan fingerprint density at radius 1 is 1.32 bits per heavy atom. The molecule has 1 aromatic heterocycles. The van der Waals surface area contributed by atoms with Crippen molar-refractivity contribution < 1.29 is 4.79 Å². The predicted octanol–water partition coefficient (Wildman–Crippen LogP) is 3.29. The molecule has 2 atom stereocenters. The van der Waals surface area contributed by atoms with Crippen LogP contribution in [0.25, 0.3) is 0 Å². The number of rotatable bonds is 3. The molecule has 114 valence electrons. The number of likely N-dealkylation sites (tertiary alicyclic amines) is 1. The lowest BCUT2D eigenvalue weighted by molar-refractivity contribution is 0.0591. The maximum atomic E-state index is 12.4. The number of aryl methyl sites for hydroxylation is 1. The van der Waals surface area contributed by atoms with Gasteiger partial charge in [0.2, 0.25) is 0 Å². The number of urea groups is 1. The summed E-state index contributed by atoms with van der Waals surface area (Å²) in [6.45, 7) is 5.50. The fourth-order valence-corrected chi connectivity index (χ4v) is 3.05. The van der Waals surface area contributed by atoms with Crippen LogP contribution in [0.1, 0.15) is 29.7 Å². The molecule has 2 unspecified atom stereocenters. The van der Waals surface area contributed by atoms with Crippen molar-refractivity contribution >= 4 is 6.03 Å². The fraction of sp³-hybridized carbons (Fsp3) is 0.333. The lowest BCUT2D eigenvalue weighted by Crippen LogP contribution is -2.54. The van der Waals surface area contributed by atoms with Crippen LogP contribution in [0.4, 0.5) is 4.79 Å². The van der Waals surface area contributed by atoms with E-state index < -0.39 is 0 Å². The highest BCUT2D eigenvalue weighted by Crippen LogP contribution is 2.38. The lowest BCUT2D eigenvalue weighted by Gasteiger charge is -2.46. The molecule has 0 saturated carbocycles. The van der Waals surface area contributed by atoms with Gasteiger partial charge in [0.05, 0.1) is 6.04 Å². The molecule has 4 heteroatoms. The topological polar surface area (TPSA) is 45.2 Å². The van der Waals surface area contributed by atoms with E-state index in [0.29, 0.717) is 12.5 Å². The van der Waals surface area contributed by atoms with E-state index in [2.05, 4.69) is 29.4 Å². The summed E-state index contributed by atoms with van der Waals surface area (Å²) >= 11 is 0. The van der Waals surface area contributed by atoms with E-state index in [1.165, 1.54) is 5.56 Å². The van der Waals surface area contributed by atoms with Gasteiger partial charge in [0.25, 0.3) is 0 Å². The largest absolute Gasteiger partial charge is 0.334 e. The first-order chi connectivity index (χ1) is 10.6. The van der Waals surface area contributed by atoms with Gasteiger partial charge in [0, 0.05) is 25.5 Å². The van der Waals surface area contributed by atoms with E-state index in [-0.39, 0.29) is 12.1 Å². The van der Waals surface area contributed by atoms with Crippen molar-refractivity contribution in [3.63, 3.8) is 0 Å². The Hall–Kier alpha value is -2.36. The molecule has 22 heavy (non-hydrogen) atoms. The second-order valence-corrected chi connectivity index (χ2v) is 6.01. The van der Waals surface area contributed by atoms with E-state index in [1.807, 2.05) is 42.3 Å². The molecule has 0 bridgehead atoms. The minimum atomic E-state index is -0.00606. The Morgan fingerprint density at radius 3 is 2.77 bits per heavy atom. The summed E-state index contributed by atoms with van der Waals surface area (Å²) < 4.78 is 0. The van der Waals surface area contributed by atoms with Gasteiger partial charge < -0.3 is 10.2 Å². The molecule has 0 aliphatic carbocycles. The first-order valence-corrected chi connectivity index (χ1v) is 7.65. The average molecular weight is 295 g/mol. The number of carbonyl (C=O) groups is 1. The third-order valence-corrected chi connectivity index (χ3v) is 4.14. The highest BCUT2D eigenvalue weighted by Gasteiger charge is 2.39. The van der Waals surface area contributed by atoms with Crippen LogP contribution in [-0.2, 0) is 6.54 Å². The number of nitrogens with zero attached hydrogens (tertiary/aromatic N) is 2. The number of amides is 2. The van der Waals surface area contributed by atoms with E-state index >= 15 is 0 Å². The number of benzene rings is 1. The summed E-state index contributed by atoms with van der Waals surface area (Å²) in [6, 6.07) is 12.4. The third-order valence-electron chi connectivity index (χ3n) is 4.14. The maximum absolute atomic E-state index is 12.4. The molecule has 1 aliphatic rings. The zero-order chi connectivity index (χ0) is 15.5. The van der Waals surface area contributed by atoms with Crippen molar-refractivity contribution in [2.75, 3.05) is 6.54 Å². The molecule has 2 amide bonds. The van der Waals surface area contributed by atoms with Crippen LogP contribution in [0, 0.1) is 12.8 Å². The molecule has 2 aromatic rings. The Bertz CT molecular complexity index is 656. The minimum Gasteiger partial charge on any atom is -0.334 e. The Balaban J connectivity index is 1.63. The number of hydrogen-bond donors (Lipinski definition) is 1. The average Bonchev–Trinajstić information content (AvgIpc) is 2.51. The fourth-order valence-electron chi connectivity index (χ4n) is 3.05. The normalized spacial score (nSPS) is 20.4. The van der Waals surface area contributed by atoms with E-state index in [0.717, 1.165) is 17.7 Å². The van der Waals surface area contributed by atoms with Crippen LogP contribution < -0.4 is 5.32 Å². The molecule has 1 N–H and O–H groups in total. The second-order valence-electron chi connectivity index (χ2n) is 6.01. The Kier molecular flexibility index (Phi) is 4.09. The summed E-state index contributed by atoms with van der Waals surface area (Å²) in [4.78, 5) is 18.5. The number of hydrogen-bond acceptors (Lipinski definition) is 2. The first-order valence-electron chi connectivity index (χ1n) is 7.65. The van der Waals surface area contributed by atoms with Crippen molar-refractivity contribution in [2.24, 2.45) is 5.92 Å². The standard InChI is InChI=1S/C18H21N3O/c1-13-8-15(10-19-9-13)11-20-18(22)21-12-14(2)17(21)16-6-4-3-5-7-16/h3-10,14,17H,11-12H2,1-2H3,(H,20,22). The van der Waals surface area contributed by atoms with E-state index in [9.17, 15) is 4.79 Å². The predicted molar refractivity (Wildman–Crippen MR) is 86.3 cm³/mol. The van der Waals surface area contributed by atoms with Crippen molar-refractivity contribution in [2.45, 2.75) is 26.4 Å². The molecule has 3 rings (SSSR count). The maximum Gasteiger partial charge on any atom is 0.318 e. The van der Waals surface area contributed by atoms with E-state index in [4.69, 9.17) is 0 Å². The van der Waals surface area contributed by atoms with Crippen molar-refractivity contribution in [1.82, 2.24) is 15.2 Å². The van der Waals surface area contributed by atoms with Crippen LogP contribution in [0.15, 0.2) is 48.8 Å². The molecule has 1 fully saturated rings. The van der Waals surface area contributed by atoms with Gasteiger partial charge in [-0.3, -0.25) is 4.98 Å². The number of aromatic nitrogens is 1. The quantitative estimate of drug-likeness (QED) is 0.944. The molecule has 0 radical (unpaired) electrons. The molecule has 1 aromatic carbocycles. The lowest BCUT2D eigenvalue weighted by atomic mass is 9.85. The Morgan fingerprint density at radius 2 is 2.09 bits per heavy atom. The number of pyridine rings is 1. The summed E-state index contributed by atoms with van der Waals surface area (Å²) in [6.07, 6.45) is 3.61. The van der Waals surface area contributed by atoms with Crippen LogP contribution in [0.5, 0.6) is 0 Å². The van der Waals surface area contributed by atoms with Crippen LogP contribution >= 0.6 is 0 Å². The van der Waals surface area contributed by atoms with Gasteiger partial charge in [-0.15, -0.1) is 0 Å². The van der Waals surface area contributed by atoms with Crippen molar-refractivity contribution in [3.8, 4) is 0 Å². The zero-order valence-electron chi connectivity index (χ0n) is 13.0. The smallest absolute Gasteiger partial charge is 0.318 e. The minimum absolute atomic E-state index is 0.00606. The van der Waals surface area contributed by atoms with Crippen LogP contribution in [0.3, 0.4) is 0 Å². The molecule has 1 aliphatic heterocycles. The van der Waals surface area contributed by atoms with Gasteiger partial charge in [-0.25, -0.2) is 4.79 Å². The van der Waals surface area contributed by atoms with Crippen LogP contribution in [0.2, 0.25) is 0 Å². The first kappa shape index (κ1) is 14.6. The Labute approximate surface area is 131 Å². The van der Waals surface area contributed by atoms with Gasteiger partial charge in [0.15, 0.2) is 0 Å². The molecular weight excluding hydrogens is 274 g/mol. The van der Waals surface area contributed by atoms with Gasteiger partial charge in [-0.05, 0) is 29.5 Å². The van der Waals surface area contributed by atoms with E-state index in [1.54, 1.807) is 6.20 Å². The van der Waals surface area contributed by atoms with Gasteiger partial charge in [0.1, 0.15) is 0 Å². The van der Waals surface area contributed by atoms with Gasteiger partial charge in [-0.2, -0.15) is 0 Å². The highest BCUT2D eigenvalue weighted by atomic mass is 16.2. The third kappa shape index (κ3) is 2.96. The summed E-state index contributed by atoms with van der Waals surface area (Å²) in [5, 5.41) is 3.00. The molecule has 0 spiro atoms. The van der Waals surface area contributed by atoms with Gasteiger partial charge in [-0.1, -0.05) is 43.3 Å². The molecule has 2 heterocycles. The van der Waals surface area contributed by atoms with Crippen molar-refractivity contribution in [1.29, 1.82) is 0 Å². The summed E-state index contributed by atoms with van der Waals surface area (Å²) in [7, 11) is 0. The molecule has 4 nitrogen and oxygen atoms in total. The highest BCUT2D eigenvalue weighted by molar-refractivity contribution is 5.75. The molecular formula is C18H21N3O. The number of carbonyl (C=O) groups excluding carboxylic acids is 1. The second kappa shape index (κ2) is 6.18. The summed E-state index contributed by atoms with van der Waals surface area (Å²) in [5.41, 5.74) is 3.33. The number of nitrogens with one attached hydrogen (secondary N) is 1.